The average molecular weight is 268 g/mol. The van der Waals surface area contributed by atoms with Crippen LogP contribution in [-0.2, 0) is 6.54 Å². The van der Waals surface area contributed by atoms with E-state index in [0.717, 1.165) is 24.9 Å². The molecule has 2 aromatic rings. The lowest BCUT2D eigenvalue weighted by atomic mass is 10.2. The molecule has 0 radical (unpaired) electrons. The minimum absolute atomic E-state index is 0.613. The zero-order valence-electron chi connectivity index (χ0n) is 11.8. The quantitative estimate of drug-likeness (QED) is 0.874. The van der Waals surface area contributed by atoms with Gasteiger partial charge in [0.15, 0.2) is 0 Å². The Balaban J connectivity index is 1.74. The molecule has 0 saturated heterocycles. The molecule has 1 fully saturated rings. The van der Waals surface area contributed by atoms with E-state index in [2.05, 4.69) is 51.4 Å². The summed E-state index contributed by atoms with van der Waals surface area (Å²) >= 11 is 0. The van der Waals surface area contributed by atoms with Crippen molar-refractivity contribution in [2.24, 2.45) is 0 Å². The molecule has 1 heterocycles. The van der Waals surface area contributed by atoms with E-state index < -0.39 is 0 Å². The molecule has 0 bridgehead atoms. The van der Waals surface area contributed by atoms with Crippen molar-refractivity contribution in [3.63, 3.8) is 0 Å². The Morgan fingerprint density at radius 1 is 1.20 bits per heavy atom. The van der Waals surface area contributed by atoms with Crippen LogP contribution in [0.15, 0.2) is 42.6 Å². The van der Waals surface area contributed by atoms with Crippen LogP contribution in [0.5, 0.6) is 0 Å². The lowest BCUT2D eigenvalue weighted by Gasteiger charge is -2.21. The molecule has 20 heavy (non-hydrogen) atoms. The minimum Gasteiger partial charge on any atom is -0.367 e. The Kier molecular flexibility index (Phi) is 3.81. The molecule has 0 spiro atoms. The first-order chi connectivity index (χ1) is 9.85. The molecule has 0 atom stereocenters. The number of hydrogen-bond donors (Lipinski definition) is 1. The van der Waals surface area contributed by atoms with E-state index in [9.17, 15) is 0 Å². The fourth-order valence-corrected chi connectivity index (χ4v) is 2.15. The number of aromatic nitrogens is 2. The maximum absolute atomic E-state index is 4.62. The molecule has 1 saturated carbocycles. The van der Waals surface area contributed by atoms with Crippen LogP contribution in [0.25, 0.3) is 0 Å². The van der Waals surface area contributed by atoms with Crippen molar-refractivity contribution in [3.8, 4) is 0 Å². The first-order valence-corrected chi connectivity index (χ1v) is 7.23. The third-order valence-corrected chi connectivity index (χ3v) is 3.45. The minimum atomic E-state index is 0.613. The Morgan fingerprint density at radius 3 is 2.70 bits per heavy atom. The first kappa shape index (κ1) is 12.9. The zero-order chi connectivity index (χ0) is 13.8. The van der Waals surface area contributed by atoms with E-state index in [0.29, 0.717) is 6.04 Å². The summed E-state index contributed by atoms with van der Waals surface area (Å²) in [5.41, 5.74) is 1.28. The van der Waals surface area contributed by atoms with Gasteiger partial charge < -0.3 is 10.2 Å². The zero-order valence-corrected chi connectivity index (χ0v) is 11.8. The monoisotopic (exact) mass is 268 g/mol. The largest absolute Gasteiger partial charge is 0.367 e. The predicted molar refractivity (Wildman–Crippen MR) is 81.8 cm³/mol. The normalized spacial score (nSPS) is 14.1. The lowest BCUT2D eigenvalue weighted by molar-refractivity contribution is 0.791. The van der Waals surface area contributed by atoms with Gasteiger partial charge in [0.25, 0.3) is 0 Å². The number of benzene rings is 1. The molecule has 1 aromatic carbocycles. The number of hydrogen-bond acceptors (Lipinski definition) is 4. The van der Waals surface area contributed by atoms with Crippen molar-refractivity contribution in [2.45, 2.75) is 32.4 Å². The fourth-order valence-electron chi connectivity index (χ4n) is 2.15. The summed E-state index contributed by atoms with van der Waals surface area (Å²) in [5, 5.41) is 3.42. The predicted octanol–water partition coefficient (Wildman–Crippen LogP) is 3.08. The Hall–Kier alpha value is -2.10. The Morgan fingerprint density at radius 2 is 2.00 bits per heavy atom. The molecule has 1 aromatic heterocycles. The maximum Gasteiger partial charge on any atom is 0.227 e. The molecule has 104 valence electrons. The van der Waals surface area contributed by atoms with E-state index in [1.54, 1.807) is 0 Å². The van der Waals surface area contributed by atoms with Crippen molar-refractivity contribution < 1.29 is 0 Å². The third-order valence-electron chi connectivity index (χ3n) is 3.45. The first-order valence-electron chi connectivity index (χ1n) is 7.23. The topological polar surface area (TPSA) is 41.1 Å². The van der Waals surface area contributed by atoms with Crippen molar-refractivity contribution in [1.29, 1.82) is 0 Å². The standard InChI is InChI=1S/C16H20N4/c1-2-20(12-13-6-4-3-5-7-13)16-17-11-10-15(19-16)18-14-8-9-14/h3-7,10-11,14H,2,8-9,12H2,1H3,(H,17,18,19). The second kappa shape index (κ2) is 5.90. The van der Waals surface area contributed by atoms with Crippen LogP contribution < -0.4 is 10.2 Å². The molecule has 0 unspecified atom stereocenters. The summed E-state index contributed by atoms with van der Waals surface area (Å²) in [6.45, 7) is 3.86. The molecule has 0 amide bonds. The molecule has 4 heteroatoms. The van der Waals surface area contributed by atoms with E-state index in [-0.39, 0.29) is 0 Å². The Bertz CT molecular complexity index is 551. The third kappa shape index (κ3) is 3.26. The van der Waals surface area contributed by atoms with Gasteiger partial charge in [-0.3, -0.25) is 0 Å². The summed E-state index contributed by atoms with van der Waals surface area (Å²) in [6, 6.07) is 13.0. The summed E-state index contributed by atoms with van der Waals surface area (Å²) in [4.78, 5) is 11.2. The average Bonchev–Trinajstić information content (AvgIpc) is 3.30. The maximum atomic E-state index is 4.62. The van der Waals surface area contributed by atoms with Gasteiger partial charge in [-0.05, 0) is 31.4 Å². The number of nitrogens with zero attached hydrogens (tertiary/aromatic N) is 3. The van der Waals surface area contributed by atoms with Crippen LogP contribution in [0, 0.1) is 0 Å². The number of anilines is 2. The van der Waals surface area contributed by atoms with Crippen LogP contribution in [-0.4, -0.2) is 22.6 Å². The smallest absolute Gasteiger partial charge is 0.227 e. The van der Waals surface area contributed by atoms with E-state index in [4.69, 9.17) is 0 Å². The summed E-state index contributed by atoms with van der Waals surface area (Å²) < 4.78 is 0. The van der Waals surface area contributed by atoms with Crippen molar-refractivity contribution >= 4 is 11.8 Å². The molecule has 4 nitrogen and oxygen atoms in total. The SMILES string of the molecule is CCN(Cc1ccccc1)c1nccc(NC2CC2)n1. The molecule has 0 aliphatic heterocycles. The van der Waals surface area contributed by atoms with Crippen LogP contribution in [0.1, 0.15) is 25.3 Å². The highest BCUT2D eigenvalue weighted by molar-refractivity contribution is 5.43. The highest BCUT2D eigenvalue weighted by Crippen LogP contribution is 2.24. The molecule has 1 N–H and O–H groups in total. The van der Waals surface area contributed by atoms with Gasteiger partial charge in [0, 0.05) is 25.3 Å². The lowest BCUT2D eigenvalue weighted by Crippen LogP contribution is -2.24. The van der Waals surface area contributed by atoms with E-state index in [1.165, 1.54) is 18.4 Å². The van der Waals surface area contributed by atoms with Crippen LogP contribution >= 0.6 is 0 Å². The molecule has 1 aliphatic rings. The molecular weight excluding hydrogens is 248 g/mol. The second-order valence-corrected chi connectivity index (χ2v) is 5.16. The molecular formula is C16H20N4. The highest BCUT2D eigenvalue weighted by Gasteiger charge is 2.21. The number of rotatable bonds is 6. The van der Waals surface area contributed by atoms with Gasteiger partial charge in [0.1, 0.15) is 5.82 Å². The summed E-state index contributed by atoms with van der Waals surface area (Å²) in [7, 11) is 0. The number of nitrogens with one attached hydrogen (secondary N) is 1. The van der Waals surface area contributed by atoms with E-state index in [1.807, 2.05) is 18.3 Å². The van der Waals surface area contributed by atoms with Crippen molar-refractivity contribution in [3.05, 3.63) is 48.2 Å². The van der Waals surface area contributed by atoms with Crippen LogP contribution in [0.2, 0.25) is 0 Å². The van der Waals surface area contributed by atoms with Gasteiger partial charge in [-0.25, -0.2) is 4.98 Å². The van der Waals surface area contributed by atoms with E-state index >= 15 is 0 Å². The van der Waals surface area contributed by atoms with Crippen molar-refractivity contribution in [1.82, 2.24) is 9.97 Å². The van der Waals surface area contributed by atoms with Crippen molar-refractivity contribution in [2.75, 3.05) is 16.8 Å². The second-order valence-electron chi connectivity index (χ2n) is 5.16. The Labute approximate surface area is 119 Å². The highest BCUT2D eigenvalue weighted by atomic mass is 15.3. The van der Waals surface area contributed by atoms with Crippen LogP contribution in [0.4, 0.5) is 11.8 Å². The molecule has 1 aliphatic carbocycles. The summed E-state index contributed by atoms with van der Waals surface area (Å²) in [6.07, 6.45) is 4.34. The molecule has 3 rings (SSSR count). The van der Waals surface area contributed by atoms with Gasteiger partial charge in [0.05, 0.1) is 0 Å². The van der Waals surface area contributed by atoms with Gasteiger partial charge in [-0.1, -0.05) is 30.3 Å². The van der Waals surface area contributed by atoms with Gasteiger partial charge >= 0.3 is 0 Å². The van der Waals surface area contributed by atoms with Gasteiger partial charge in [-0.15, -0.1) is 0 Å². The van der Waals surface area contributed by atoms with Gasteiger partial charge in [0.2, 0.25) is 5.95 Å². The van der Waals surface area contributed by atoms with Gasteiger partial charge in [-0.2, -0.15) is 4.98 Å². The van der Waals surface area contributed by atoms with Crippen LogP contribution in [0.3, 0.4) is 0 Å². The summed E-state index contributed by atoms with van der Waals surface area (Å²) in [5.74, 6) is 1.73. The fraction of sp³-hybridized carbons (Fsp3) is 0.375.